The van der Waals surface area contributed by atoms with Gasteiger partial charge in [0.1, 0.15) is 11.6 Å². The van der Waals surface area contributed by atoms with Crippen LogP contribution < -0.4 is 31.5 Å². The summed E-state index contributed by atoms with van der Waals surface area (Å²) in [5, 5.41) is 11.6. The molecule has 1 aromatic carbocycles. The molecule has 2 saturated heterocycles. The van der Waals surface area contributed by atoms with E-state index in [1.54, 1.807) is 6.07 Å². The number of anilines is 5. The minimum Gasteiger partial charge on any atom is -0.369 e. The lowest BCUT2D eigenvalue weighted by molar-refractivity contribution is 0.100. The molecule has 12 heteroatoms. The molecule has 39 heavy (non-hydrogen) atoms. The average molecular weight is 550 g/mol. The van der Waals surface area contributed by atoms with Crippen LogP contribution in [0.15, 0.2) is 41.8 Å². The highest BCUT2D eigenvalue weighted by Gasteiger charge is 2.24. The van der Waals surface area contributed by atoms with Crippen molar-refractivity contribution in [3.63, 3.8) is 0 Å². The van der Waals surface area contributed by atoms with Gasteiger partial charge in [-0.1, -0.05) is 0 Å². The van der Waals surface area contributed by atoms with Crippen molar-refractivity contribution in [1.82, 2.24) is 20.2 Å². The number of hydrogen-bond acceptors (Lipinski definition) is 9. The number of urea groups is 1. The molecule has 2 aliphatic rings. The van der Waals surface area contributed by atoms with Crippen LogP contribution in [0.1, 0.15) is 28.9 Å². The van der Waals surface area contributed by atoms with Crippen LogP contribution in [0.4, 0.5) is 32.9 Å². The first-order valence-corrected chi connectivity index (χ1v) is 14.1. The number of thiazole rings is 1. The quantitative estimate of drug-likeness (QED) is 0.353. The largest absolute Gasteiger partial charge is 0.369 e. The highest BCUT2D eigenvalue weighted by molar-refractivity contribution is 7.13. The fourth-order valence-corrected chi connectivity index (χ4v) is 5.59. The van der Waals surface area contributed by atoms with Crippen LogP contribution in [0.5, 0.6) is 0 Å². The maximum Gasteiger partial charge on any atom is 0.321 e. The van der Waals surface area contributed by atoms with E-state index < -0.39 is 5.91 Å². The Hall–Kier alpha value is -3.90. The van der Waals surface area contributed by atoms with Gasteiger partial charge in [-0.3, -0.25) is 10.1 Å². The fraction of sp³-hybridized carbons (Fsp3) is 0.407. The highest BCUT2D eigenvalue weighted by atomic mass is 32.1. The second kappa shape index (κ2) is 11.9. The number of nitrogens with one attached hydrogen (secondary N) is 3. The van der Waals surface area contributed by atoms with Crippen LogP contribution >= 0.6 is 11.3 Å². The Bertz CT molecular complexity index is 1300. The Kier molecular flexibility index (Phi) is 8.13. The first-order valence-electron chi connectivity index (χ1n) is 13.2. The van der Waals surface area contributed by atoms with Crippen molar-refractivity contribution >= 4 is 51.4 Å². The lowest BCUT2D eigenvalue weighted by Crippen LogP contribution is -2.49. The van der Waals surface area contributed by atoms with Gasteiger partial charge in [-0.25, -0.2) is 14.8 Å². The number of rotatable bonds is 7. The molecule has 206 valence electrons. The number of hydrogen-bond donors (Lipinski definition) is 4. The van der Waals surface area contributed by atoms with Crippen LogP contribution in [0.25, 0.3) is 0 Å². The molecule has 0 aliphatic carbocycles. The topological polar surface area (TPSA) is 132 Å². The first kappa shape index (κ1) is 26.7. The molecule has 3 aromatic rings. The van der Waals surface area contributed by atoms with Crippen molar-refractivity contribution < 1.29 is 9.59 Å². The molecule has 0 saturated carbocycles. The Morgan fingerprint density at radius 3 is 2.46 bits per heavy atom. The fourth-order valence-electron chi connectivity index (χ4n) is 4.91. The molecule has 0 bridgehead atoms. The zero-order valence-electron chi connectivity index (χ0n) is 22.3. The van der Waals surface area contributed by atoms with Gasteiger partial charge in [0.15, 0.2) is 5.13 Å². The van der Waals surface area contributed by atoms with E-state index in [0.29, 0.717) is 23.1 Å². The molecule has 2 fully saturated rings. The summed E-state index contributed by atoms with van der Waals surface area (Å²) >= 11 is 1.40. The predicted octanol–water partition coefficient (Wildman–Crippen LogP) is 3.23. The smallest absolute Gasteiger partial charge is 0.321 e. The molecule has 1 atom stereocenters. The van der Waals surface area contributed by atoms with Crippen LogP contribution in [0, 0.1) is 6.92 Å². The third-order valence-corrected chi connectivity index (χ3v) is 7.94. The number of amides is 3. The Labute approximate surface area is 232 Å². The van der Waals surface area contributed by atoms with Gasteiger partial charge in [0.2, 0.25) is 0 Å². The highest BCUT2D eigenvalue weighted by Crippen LogP contribution is 2.27. The Morgan fingerprint density at radius 1 is 1.00 bits per heavy atom. The van der Waals surface area contributed by atoms with Crippen LogP contribution in [-0.2, 0) is 0 Å². The maximum atomic E-state index is 12.5. The van der Waals surface area contributed by atoms with Gasteiger partial charge in [-0.05, 0) is 63.2 Å². The minimum absolute atomic E-state index is 0.0454. The molecule has 0 spiro atoms. The number of piperidine rings is 1. The molecule has 2 aromatic heterocycles. The number of nitrogens with two attached hydrogens (primary N) is 1. The summed E-state index contributed by atoms with van der Waals surface area (Å²) in [6, 6.07) is 11.4. The summed E-state index contributed by atoms with van der Waals surface area (Å²) in [5.41, 5.74) is 8.87. The number of nitrogens with zero attached hydrogens (tertiary/aromatic N) is 5. The van der Waals surface area contributed by atoms with Gasteiger partial charge in [0, 0.05) is 62.1 Å². The molecular weight excluding hydrogens is 514 g/mol. The average Bonchev–Trinajstić information content (AvgIpc) is 3.33. The molecule has 3 amide bonds. The molecule has 2 aliphatic heterocycles. The van der Waals surface area contributed by atoms with E-state index in [4.69, 9.17) is 10.7 Å². The minimum atomic E-state index is -0.544. The summed E-state index contributed by atoms with van der Waals surface area (Å²) in [5.74, 6) is 0.594. The van der Waals surface area contributed by atoms with Gasteiger partial charge in [0.25, 0.3) is 5.91 Å². The van der Waals surface area contributed by atoms with Gasteiger partial charge >= 0.3 is 6.03 Å². The van der Waals surface area contributed by atoms with Crippen molar-refractivity contribution in [1.29, 1.82) is 0 Å². The summed E-state index contributed by atoms with van der Waals surface area (Å²) in [6.07, 6.45) is 1.77. The SMILES string of the molecule is Cc1csc(NC(=O)NC2CCCN(c3ccc(C(N)=O)c(Nc4ccc(N5CCN(C)CC5)cc4)n3)C2)n1. The third kappa shape index (κ3) is 6.76. The molecule has 5 rings (SSSR count). The zero-order valence-corrected chi connectivity index (χ0v) is 23.1. The predicted molar refractivity (Wildman–Crippen MR) is 156 cm³/mol. The molecule has 0 radical (unpaired) electrons. The van der Waals surface area contributed by atoms with Crippen molar-refractivity contribution in [3.05, 3.63) is 53.0 Å². The Balaban J connectivity index is 1.25. The number of aryl methyl sites for hydroxylation is 1. The van der Waals surface area contributed by atoms with E-state index in [-0.39, 0.29) is 12.1 Å². The number of carbonyl (C=O) groups is 2. The van der Waals surface area contributed by atoms with Crippen LogP contribution in [0.3, 0.4) is 0 Å². The monoisotopic (exact) mass is 549 g/mol. The first-order chi connectivity index (χ1) is 18.8. The zero-order chi connectivity index (χ0) is 27.4. The third-order valence-electron chi connectivity index (χ3n) is 7.06. The number of piperazine rings is 1. The van der Waals surface area contributed by atoms with E-state index in [1.807, 2.05) is 30.5 Å². The maximum absolute atomic E-state index is 12.5. The molecular formula is C27H35N9O2S. The number of pyridine rings is 1. The number of likely N-dealkylation sites (N-methyl/N-ethyl adjacent to an activating group) is 1. The van der Waals surface area contributed by atoms with E-state index in [9.17, 15) is 9.59 Å². The Morgan fingerprint density at radius 2 is 1.77 bits per heavy atom. The van der Waals surface area contributed by atoms with E-state index in [1.165, 1.54) is 17.0 Å². The molecule has 1 unspecified atom stereocenters. The van der Waals surface area contributed by atoms with Gasteiger partial charge in [-0.15, -0.1) is 11.3 Å². The second-order valence-corrected chi connectivity index (χ2v) is 10.9. The van der Waals surface area contributed by atoms with Gasteiger partial charge in [-0.2, -0.15) is 0 Å². The lowest BCUT2D eigenvalue weighted by Gasteiger charge is -2.34. The van der Waals surface area contributed by atoms with Crippen molar-refractivity contribution in [3.8, 4) is 0 Å². The van der Waals surface area contributed by atoms with Crippen LogP contribution in [0.2, 0.25) is 0 Å². The van der Waals surface area contributed by atoms with Gasteiger partial charge in [0.05, 0.1) is 11.3 Å². The standard InChI is InChI=1S/C27H35N9O2S/c1-18-17-39-27(29-18)33-26(38)31-20-4-3-11-36(16-20)23-10-9-22(24(28)37)25(32-23)30-19-5-7-21(8-6-19)35-14-12-34(2)13-15-35/h5-10,17,20H,3-4,11-16H2,1-2H3,(H2,28,37)(H,30,32)(H2,29,31,33,38). The van der Waals surface area contributed by atoms with Crippen molar-refractivity contribution in [2.75, 3.05) is 66.7 Å². The van der Waals surface area contributed by atoms with E-state index >= 15 is 0 Å². The van der Waals surface area contributed by atoms with Crippen molar-refractivity contribution in [2.45, 2.75) is 25.8 Å². The molecule has 5 N–H and O–H groups in total. The number of primary amides is 1. The number of carbonyl (C=O) groups excluding carboxylic acids is 2. The second-order valence-electron chi connectivity index (χ2n) is 10.1. The normalized spacial score (nSPS) is 18.1. The summed E-state index contributed by atoms with van der Waals surface area (Å²) in [4.78, 5) is 40.5. The summed E-state index contributed by atoms with van der Waals surface area (Å²) < 4.78 is 0. The van der Waals surface area contributed by atoms with Crippen LogP contribution in [-0.4, -0.2) is 79.2 Å². The van der Waals surface area contributed by atoms with E-state index in [2.05, 4.69) is 54.8 Å². The van der Waals surface area contributed by atoms with Gasteiger partial charge < -0.3 is 31.1 Å². The van der Waals surface area contributed by atoms with E-state index in [0.717, 1.165) is 62.8 Å². The number of benzene rings is 1. The summed E-state index contributed by atoms with van der Waals surface area (Å²) in [6.45, 7) is 7.37. The lowest BCUT2D eigenvalue weighted by atomic mass is 10.1. The summed E-state index contributed by atoms with van der Waals surface area (Å²) in [7, 11) is 2.14. The number of aromatic nitrogens is 2. The molecule has 11 nitrogen and oxygen atoms in total. The van der Waals surface area contributed by atoms with Crippen molar-refractivity contribution in [2.24, 2.45) is 5.73 Å². The molecule has 4 heterocycles.